The van der Waals surface area contributed by atoms with Crippen molar-refractivity contribution in [2.75, 3.05) is 0 Å². The van der Waals surface area contributed by atoms with Crippen LogP contribution in [0.4, 0.5) is 4.39 Å². The van der Waals surface area contributed by atoms with Gasteiger partial charge in [-0.15, -0.1) is 0 Å². The maximum Gasteiger partial charge on any atom is 0.272 e. The average Bonchev–Trinajstić information content (AvgIpc) is 3.03. The quantitative estimate of drug-likeness (QED) is 0.603. The van der Waals surface area contributed by atoms with Crippen molar-refractivity contribution in [3.63, 3.8) is 0 Å². The van der Waals surface area contributed by atoms with Gasteiger partial charge in [0.1, 0.15) is 5.82 Å². The van der Waals surface area contributed by atoms with E-state index in [0.29, 0.717) is 22.8 Å². The van der Waals surface area contributed by atoms with Crippen LogP contribution in [0, 0.1) is 5.82 Å². The number of hydrogen-bond acceptors (Lipinski definition) is 2. The molecule has 4 rings (SSSR count). The molecule has 0 fully saturated rings. The van der Waals surface area contributed by atoms with Gasteiger partial charge >= 0.3 is 0 Å². The maximum absolute atomic E-state index is 13.2. The van der Waals surface area contributed by atoms with Crippen LogP contribution < -0.4 is 5.56 Å². The topological polar surface area (TPSA) is 50.2 Å². The molecule has 2 aromatic carbocycles. The van der Waals surface area contributed by atoms with E-state index in [0.717, 1.165) is 16.7 Å². The molecular formula is C19H13ClFN3O. The van der Waals surface area contributed by atoms with Crippen molar-refractivity contribution in [3.05, 3.63) is 93.2 Å². The molecule has 0 radical (unpaired) electrons. The highest BCUT2D eigenvalue weighted by atomic mass is 35.5. The molecule has 6 heteroatoms. The molecule has 0 bridgehead atoms. The van der Waals surface area contributed by atoms with Crippen molar-refractivity contribution in [2.45, 2.75) is 6.42 Å². The number of aromatic amines is 1. The van der Waals surface area contributed by atoms with E-state index in [1.54, 1.807) is 12.3 Å². The van der Waals surface area contributed by atoms with Crippen LogP contribution in [0.1, 0.15) is 11.3 Å². The van der Waals surface area contributed by atoms with Crippen molar-refractivity contribution in [1.29, 1.82) is 0 Å². The molecule has 0 aliphatic rings. The molecule has 4 nitrogen and oxygen atoms in total. The lowest BCUT2D eigenvalue weighted by Gasteiger charge is -2.05. The Hall–Kier alpha value is -2.92. The van der Waals surface area contributed by atoms with Crippen molar-refractivity contribution in [1.82, 2.24) is 14.6 Å². The standard InChI is InChI=1S/C19H13ClFN3O/c20-17-9-14(21)7-6-13(17)8-15-10-18(25)24-19(23-15)16(11-22-24)12-4-2-1-3-5-12/h1-7,9-11,22H,8H2. The molecule has 0 atom stereocenters. The number of H-pyrrole nitrogens is 1. The Bertz CT molecular complexity index is 1120. The van der Waals surface area contributed by atoms with E-state index in [1.165, 1.54) is 22.7 Å². The number of hydrogen-bond donors (Lipinski definition) is 1. The third-order valence-corrected chi connectivity index (χ3v) is 4.37. The highest BCUT2D eigenvalue weighted by molar-refractivity contribution is 6.31. The first-order chi connectivity index (χ1) is 12.1. The first-order valence-electron chi connectivity index (χ1n) is 7.71. The van der Waals surface area contributed by atoms with Crippen LogP contribution in [0.2, 0.25) is 5.02 Å². The summed E-state index contributed by atoms with van der Waals surface area (Å²) in [4.78, 5) is 17.0. The van der Waals surface area contributed by atoms with Gasteiger partial charge in [0.2, 0.25) is 0 Å². The zero-order valence-corrected chi connectivity index (χ0v) is 13.8. The first kappa shape index (κ1) is 15.6. The van der Waals surface area contributed by atoms with Crippen LogP contribution in [0.25, 0.3) is 16.8 Å². The largest absolute Gasteiger partial charge is 0.296 e. The van der Waals surface area contributed by atoms with E-state index < -0.39 is 5.82 Å². The van der Waals surface area contributed by atoms with E-state index in [4.69, 9.17) is 11.6 Å². The highest BCUT2D eigenvalue weighted by Crippen LogP contribution is 2.23. The molecule has 0 unspecified atom stereocenters. The Morgan fingerprint density at radius 3 is 2.68 bits per heavy atom. The Balaban J connectivity index is 1.82. The fourth-order valence-corrected chi connectivity index (χ4v) is 3.04. The normalized spacial score (nSPS) is 11.1. The Kier molecular flexibility index (Phi) is 3.86. The van der Waals surface area contributed by atoms with Crippen LogP contribution >= 0.6 is 11.6 Å². The molecule has 124 valence electrons. The number of halogens is 2. The molecule has 0 aliphatic heterocycles. The molecule has 25 heavy (non-hydrogen) atoms. The summed E-state index contributed by atoms with van der Waals surface area (Å²) in [5, 5.41) is 3.25. The number of aromatic nitrogens is 3. The Morgan fingerprint density at radius 2 is 1.92 bits per heavy atom. The molecule has 0 saturated carbocycles. The SMILES string of the molecule is O=c1cc(Cc2ccc(F)cc2Cl)nc2c(-c3ccccc3)c[nH]n12. The van der Waals surface area contributed by atoms with Gasteiger partial charge in [0.05, 0.1) is 5.69 Å². The minimum atomic E-state index is -0.394. The minimum Gasteiger partial charge on any atom is -0.296 e. The third-order valence-electron chi connectivity index (χ3n) is 4.02. The molecular weight excluding hydrogens is 341 g/mol. The second-order valence-corrected chi connectivity index (χ2v) is 6.12. The lowest BCUT2D eigenvalue weighted by molar-refractivity contribution is 0.627. The monoisotopic (exact) mass is 353 g/mol. The number of rotatable bonds is 3. The molecule has 0 saturated heterocycles. The van der Waals surface area contributed by atoms with Crippen molar-refractivity contribution < 1.29 is 4.39 Å². The predicted octanol–water partition coefficient (Wildman–Crippen LogP) is 4.07. The summed E-state index contributed by atoms with van der Waals surface area (Å²) in [5.41, 5.74) is 3.44. The zero-order chi connectivity index (χ0) is 17.4. The molecule has 0 aliphatic carbocycles. The molecule has 1 N–H and O–H groups in total. The third kappa shape index (κ3) is 2.94. The summed E-state index contributed by atoms with van der Waals surface area (Å²) in [6, 6.07) is 15.4. The second kappa shape index (κ2) is 6.18. The molecule has 0 spiro atoms. The number of nitrogens with one attached hydrogen (secondary N) is 1. The van der Waals surface area contributed by atoms with Gasteiger partial charge in [-0.1, -0.05) is 48.0 Å². The lowest BCUT2D eigenvalue weighted by Crippen LogP contribution is -2.15. The highest BCUT2D eigenvalue weighted by Gasteiger charge is 2.12. The summed E-state index contributed by atoms with van der Waals surface area (Å²) < 4.78 is 14.6. The van der Waals surface area contributed by atoms with E-state index in [2.05, 4.69) is 10.1 Å². The van der Waals surface area contributed by atoms with Gasteiger partial charge in [-0.2, -0.15) is 0 Å². The summed E-state index contributed by atoms with van der Waals surface area (Å²) in [5.74, 6) is -0.394. The van der Waals surface area contributed by atoms with E-state index >= 15 is 0 Å². The van der Waals surface area contributed by atoms with Gasteiger partial charge < -0.3 is 0 Å². The van der Waals surface area contributed by atoms with E-state index in [1.807, 2.05) is 30.3 Å². The van der Waals surface area contributed by atoms with Gasteiger partial charge in [0.15, 0.2) is 5.65 Å². The van der Waals surface area contributed by atoms with Crippen LogP contribution in [-0.4, -0.2) is 14.6 Å². The van der Waals surface area contributed by atoms with Crippen LogP contribution in [-0.2, 0) is 6.42 Å². The summed E-state index contributed by atoms with van der Waals surface area (Å²) in [6.45, 7) is 0. The molecule has 4 aromatic rings. The summed E-state index contributed by atoms with van der Waals surface area (Å²) >= 11 is 6.09. The molecule has 2 heterocycles. The number of nitrogens with zero attached hydrogens (tertiary/aromatic N) is 2. The van der Waals surface area contributed by atoms with Gasteiger partial charge in [0.25, 0.3) is 5.56 Å². The fraction of sp³-hybridized carbons (Fsp3) is 0.0526. The Labute approximate surface area is 147 Å². The molecule has 0 amide bonds. The summed E-state index contributed by atoms with van der Waals surface area (Å²) in [6.07, 6.45) is 2.11. The van der Waals surface area contributed by atoms with E-state index in [-0.39, 0.29) is 5.56 Å². The van der Waals surface area contributed by atoms with Gasteiger partial charge in [-0.25, -0.2) is 13.9 Å². The fourth-order valence-electron chi connectivity index (χ4n) is 2.81. The van der Waals surface area contributed by atoms with Crippen molar-refractivity contribution in [3.8, 4) is 11.1 Å². The van der Waals surface area contributed by atoms with Crippen LogP contribution in [0.5, 0.6) is 0 Å². The average molecular weight is 354 g/mol. The summed E-state index contributed by atoms with van der Waals surface area (Å²) in [7, 11) is 0. The van der Waals surface area contributed by atoms with Crippen molar-refractivity contribution >= 4 is 17.2 Å². The second-order valence-electron chi connectivity index (χ2n) is 5.71. The van der Waals surface area contributed by atoms with Gasteiger partial charge in [0, 0.05) is 29.3 Å². The zero-order valence-electron chi connectivity index (χ0n) is 13.0. The maximum atomic E-state index is 13.2. The van der Waals surface area contributed by atoms with Gasteiger partial charge in [-0.05, 0) is 23.3 Å². The van der Waals surface area contributed by atoms with Gasteiger partial charge in [-0.3, -0.25) is 9.89 Å². The number of benzene rings is 2. The lowest BCUT2D eigenvalue weighted by atomic mass is 10.1. The number of fused-ring (bicyclic) bond motifs is 1. The smallest absolute Gasteiger partial charge is 0.272 e. The molecule has 2 aromatic heterocycles. The van der Waals surface area contributed by atoms with Crippen LogP contribution in [0.15, 0.2) is 65.6 Å². The predicted molar refractivity (Wildman–Crippen MR) is 95.5 cm³/mol. The van der Waals surface area contributed by atoms with E-state index in [9.17, 15) is 9.18 Å². The van der Waals surface area contributed by atoms with Crippen LogP contribution in [0.3, 0.4) is 0 Å². The Morgan fingerprint density at radius 1 is 1.12 bits per heavy atom. The minimum absolute atomic E-state index is 0.208. The van der Waals surface area contributed by atoms with Crippen molar-refractivity contribution in [2.24, 2.45) is 0 Å². The first-order valence-corrected chi connectivity index (χ1v) is 8.09.